The van der Waals surface area contributed by atoms with Crippen LogP contribution in [0.2, 0.25) is 0 Å². The Kier molecular flexibility index (Phi) is 3.77. The first-order valence-electron chi connectivity index (χ1n) is 7.81. The molecule has 1 aromatic carbocycles. The lowest BCUT2D eigenvalue weighted by atomic mass is 9.61. The lowest BCUT2D eigenvalue weighted by Crippen LogP contribution is -2.42. The number of aliphatic hydroxyl groups excluding tert-OH is 1. The van der Waals surface area contributed by atoms with Crippen LogP contribution in [0.25, 0.3) is 6.08 Å². The lowest BCUT2D eigenvalue weighted by molar-refractivity contribution is -0.113. The zero-order valence-electron chi connectivity index (χ0n) is 13.0. The van der Waals surface area contributed by atoms with Gasteiger partial charge in [-0.25, -0.2) is 4.39 Å². The van der Waals surface area contributed by atoms with Gasteiger partial charge in [0.25, 0.3) is 0 Å². The van der Waals surface area contributed by atoms with E-state index in [1.54, 1.807) is 24.3 Å². The van der Waals surface area contributed by atoms with Crippen molar-refractivity contribution in [2.24, 2.45) is 5.41 Å². The number of Topliss-reactive ketones (excluding diaryl/α,β-unsaturated/α-hetero) is 1. The molecule has 0 bridgehead atoms. The van der Waals surface area contributed by atoms with E-state index in [9.17, 15) is 14.3 Å². The fraction of sp³-hybridized carbons (Fsp3) is 0.421. The van der Waals surface area contributed by atoms with Gasteiger partial charge in [0.1, 0.15) is 5.82 Å². The second kappa shape index (κ2) is 5.47. The number of fused-ring (bicyclic) bond motifs is 1. The summed E-state index contributed by atoms with van der Waals surface area (Å²) in [4.78, 5) is 12.6. The van der Waals surface area contributed by atoms with Gasteiger partial charge in [0.05, 0.1) is 6.10 Å². The quantitative estimate of drug-likeness (QED) is 0.794. The third-order valence-electron chi connectivity index (χ3n) is 5.21. The summed E-state index contributed by atoms with van der Waals surface area (Å²) in [5.74, 6) is -0.339. The van der Waals surface area contributed by atoms with Crippen LogP contribution in [0.3, 0.4) is 0 Å². The molecule has 1 aromatic rings. The first-order valence-corrected chi connectivity index (χ1v) is 7.81. The van der Waals surface area contributed by atoms with E-state index in [4.69, 9.17) is 0 Å². The number of benzene rings is 1. The molecular weight excluding hydrogens is 279 g/mol. The molecule has 3 rings (SSSR count). The SMILES string of the molecule is CC1=C2CCC[C@H](O)[C@@]2(C)C/C(=C\c2ccccc2F)C1=O. The minimum atomic E-state index is -0.441. The average molecular weight is 300 g/mol. The molecule has 1 N–H and O–H groups in total. The molecule has 3 heteroatoms. The van der Waals surface area contributed by atoms with Crippen LogP contribution in [0.15, 0.2) is 41.0 Å². The average Bonchev–Trinajstić information content (AvgIpc) is 2.49. The topological polar surface area (TPSA) is 37.3 Å². The summed E-state index contributed by atoms with van der Waals surface area (Å²) in [7, 11) is 0. The predicted molar refractivity (Wildman–Crippen MR) is 84.7 cm³/mol. The van der Waals surface area contributed by atoms with E-state index >= 15 is 0 Å². The van der Waals surface area contributed by atoms with Crippen molar-refractivity contribution in [2.75, 3.05) is 0 Å². The first kappa shape index (κ1) is 15.2. The largest absolute Gasteiger partial charge is 0.392 e. The number of carbonyl (C=O) groups is 1. The zero-order chi connectivity index (χ0) is 15.9. The van der Waals surface area contributed by atoms with Crippen LogP contribution in [0.5, 0.6) is 0 Å². The Bertz CT molecular complexity index is 686. The van der Waals surface area contributed by atoms with Crippen molar-refractivity contribution in [3.63, 3.8) is 0 Å². The van der Waals surface area contributed by atoms with E-state index in [-0.39, 0.29) is 11.6 Å². The molecule has 116 valence electrons. The van der Waals surface area contributed by atoms with Crippen LogP contribution in [-0.4, -0.2) is 17.0 Å². The number of ketones is 1. The highest BCUT2D eigenvalue weighted by Crippen LogP contribution is 2.50. The Balaban J connectivity index is 2.08. The highest BCUT2D eigenvalue weighted by molar-refractivity contribution is 6.12. The molecule has 2 aliphatic carbocycles. The van der Waals surface area contributed by atoms with Gasteiger partial charge in [-0.3, -0.25) is 4.79 Å². The maximum Gasteiger partial charge on any atom is 0.184 e. The summed E-state index contributed by atoms with van der Waals surface area (Å²) in [6.07, 6.45) is 4.23. The maximum atomic E-state index is 13.9. The second-order valence-corrected chi connectivity index (χ2v) is 6.63. The standard InChI is InChI=1S/C19H21FO2/c1-12-15-7-5-9-17(21)19(15,2)11-14(18(12)22)10-13-6-3-4-8-16(13)20/h3-4,6,8,10,17,21H,5,7,9,11H2,1-2H3/b14-10+/t17-,19-/m0/s1. The van der Waals surface area contributed by atoms with E-state index in [2.05, 4.69) is 0 Å². The summed E-state index contributed by atoms with van der Waals surface area (Å²) in [5, 5.41) is 10.5. The number of rotatable bonds is 1. The molecule has 0 aliphatic heterocycles. The minimum Gasteiger partial charge on any atom is -0.392 e. The highest BCUT2D eigenvalue weighted by Gasteiger charge is 2.45. The number of hydrogen-bond donors (Lipinski definition) is 1. The van der Waals surface area contributed by atoms with E-state index in [0.29, 0.717) is 17.6 Å². The highest BCUT2D eigenvalue weighted by atomic mass is 19.1. The van der Waals surface area contributed by atoms with Gasteiger partial charge in [-0.05, 0) is 50.3 Å². The van der Waals surface area contributed by atoms with E-state index in [0.717, 1.165) is 30.4 Å². The van der Waals surface area contributed by atoms with Crippen LogP contribution in [0, 0.1) is 11.2 Å². The van der Waals surface area contributed by atoms with Gasteiger partial charge in [0, 0.05) is 16.6 Å². The molecule has 0 radical (unpaired) electrons. The molecule has 0 spiro atoms. The van der Waals surface area contributed by atoms with Crippen molar-refractivity contribution in [1.29, 1.82) is 0 Å². The molecule has 22 heavy (non-hydrogen) atoms. The van der Waals surface area contributed by atoms with Crippen LogP contribution in [0.4, 0.5) is 4.39 Å². The molecule has 2 atom stereocenters. The summed E-state index contributed by atoms with van der Waals surface area (Å²) in [6.45, 7) is 3.86. The molecule has 0 unspecified atom stereocenters. The van der Waals surface area contributed by atoms with Crippen molar-refractivity contribution in [3.8, 4) is 0 Å². The Hall–Kier alpha value is -1.74. The van der Waals surface area contributed by atoms with E-state index in [1.807, 2.05) is 13.8 Å². The van der Waals surface area contributed by atoms with Gasteiger partial charge in [0.2, 0.25) is 0 Å². The summed E-state index contributed by atoms with van der Waals surface area (Å²) in [5.41, 5.74) is 2.44. The van der Waals surface area contributed by atoms with Gasteiger partial charge in [-0.1, -0.05) is 30.7 Å². The smallest absolute Gasteiger partial charge is 0.184 e. The summed E-state index contributed by atoms with van der Waals surface area (Å²) in [6, 6.07) is 6.46. The van der Waals surface area contributed by atoms with Crippen molar-refractivity contribution < 1.29 is 14.3 Å². The fourth-order valence-electron chi connectivity index (χ4n) is 3.87. The zero-order valence-corrected chi connectivity index (χ0v) is 13.0. The second-order valence-electron chi connectivity index (χ2n) is 6.63. The number of aliphatic hydroxyl groups is 1. The molecule has 0 amide bonds. The van der Waals surface area contributed by atoms with Gasteiger partial charge in [-0.2, -0.15) is 0 Å². The van der Waals surface area contributed by atoms with Gasteiger partial charge in [-0.15, -0.1) is 0 Å². The Morgan fingerprint density at radius 3 is 2.82 bits per heavy atom. The third kappa shape index (κ3) is 2.34. The van der Waals surface area contributed by atoms with Crippen molar-refractivity contribution in [3.05, 3.63) is 52.4 Å². The Morgan fingerprint density at radius 1 is 1.36 bits per heavy atom. The molecule has 0 saturated heterocycles. The molecule has 0 heterocycles. The van der Waals surface area contributed by atoms with E-state index in [1.165, 1.54) is 6.07 Å². The molecule has 1 fully saturated rings. The maximum absolute atomic E-state index is 13.9. The number of halogens is 1. The molecule has 2 aliphatic rings. The van der Waals surface area contributed by atoms with Crippen LogP contribution in [-0.2, 0) is 4.79 Å². The fourth-order valence-corrected chi connectivity index (χ4v) is 3.87. The van der Waals surface area contributed by atoms with Crippen LogP contribution >= 0.6 is 0 Å². The van der Waals surface area contributed by atoms with Crippen molar-refractivity contribution >= 4 is 11.9 Å². The van der Waals surface area contributed by atoms with Gasteiger partial charge in [0.15, 0.2) is 5.78 Å². The molecule has 0 aromatic heterocycles. The predicted octanol–water partition coefficient (Wildman–Crippen LogP) is 4.05. The van der Waals surface area contributed by atoms with Crippen molar-refractivity contribution in [2.45, 2.75) is 45.6 Å². The van der Waals surface area contributed by atoms with E-state index < -0.39 is 11.5 Å². The normalized spacial score (nSPS) is 30.6. The Morgan fingerprint density at radius 2 is 2.09 bits per heavy atom. The number of allylic oxidation sites excluding steroid dienone is 2. The van der Waals surface area contributed by atoms with Gasteiger partial charge >= 0.3 is 0 Å². The van der Waals surface area contributed by atoms with Crippen LogP contribution < -0.4 is 0 Å². The summed E-state index contributed by atoms with van der Waals surface area (Å²) < 4.78 is 13.9. The van der Waals surface area contributed by atoms with Crippen LogP contribution in [0.1, 0.15) is 45.1 Å². The summed E-state index contributed by atoms with van der Waals surface area (Å²) >= 11 is 0. The third-order valence-corrected chi connectivity index (χ3v) is 5.21. The monoisotopic (exact) mass is 300 g/mol. The van der Waals surface area contributed by atoms with Crippen molar-refractivity contribution in [1.82, 2.24) is 0 Å². The number of carbonyl (C=O) groups excluding carboxylic acids is 1. The number of hydrogen-bond acceptors (Lipinski definition) is 2. The minimum absolute atomic E-state index is 0.00942. The lowest BCUT2D eigenvalue weighted by Gasteiger charge is -2.45. The Labute approximate surface area is 130 Å². The molecule has 2 nitrogen and oxygen atoms in total. The molecule has 1 saturated carbocycles. The van der Waals surface area contributed by atoms with Gasteiger partial charge < -0.3 is 5.11 Å². The first-order chi connectivity index (χ1) is 10.4. The molecular formula is C19H21FO2.